The summed E-state index contributed by atoms with van der Waals surface area (Å²) in [5.41, 5.74) is 2.74. The van der Waals surface area contributed by atoms with Crippen LogP contribution in [0.5, 0.6) is 0 Å². The van der Waals surface area contributed by atoms with Crippen LogP contribution >= 0.6 is 0 Å². The number of aryl methyl sites for hydroxylation is 3. The summed E-state index contributed by atoms with van der Waals surface area (Å²) in [6, 6.07) is 16.9. The summed E-state index contributed by atoms with van der Waals surface area (Å²) in [5, 5.41) is 9.36. The van der Waals surface area contributed by atoms with Gasteiger partial charge in [0, 0.05) is 28.5 Å². The molecule has 0 aliphatic rings. The third-order valence-corrected chi connectivity index (χ3v) is 4.97. The molecule has 4 aromatic rings. The molecule has 0 aliphatic heterocycles. The molecular weight excluding hydrogens is 378 g/mol. The van der Waals surface area contributed by atoms with Gasteiger partial charge in [0.2, 0.25) is 11.9 Å². The molecule has 0 saturated carbocycles. The maximum Gasteiger partial charge on any atom is 0.255 e. The van der Waals surface area contributed by atoms with Crippen molar-refractivity contribution in [2.75, 3.05) is 5.32 Å². The van der Waals surface area contributed by atoms with Gasteiger partial charge >= 0.3 is 0 Å². The lowest BCUT2D eigenvalue weighted by Crippen LogP contribution is -2.32. The zero-order valence-electron chi connectivity index (χ0n) is 17.2. The topological polar surface area (TPSA) is 81.8 Å². The van der Waals surface area contributed by atoms with Crippen LogP contribution < -0.4 is 10.9 Å². The number of carbonyl (C=O) groups excluding carboxylic acids is 1. The summed E-state index contributed by atoms with van der Waals surface area (Å²) in [4.78, 5) is 30.3. The van der Waals surface area contributed by atoms with Crippen molar-refractivity contribution in [3.05, 3.63) is 82.0 Å². The number of hydrogen-bond acceptors (Lipinski definition) is 4. The molecule has 0 spiro atoms. The molecule has 0 radical (unpaired) electrons. The van der Waals surface area contributed by atoms with E-state index in [1.165, 1.54) is 10.6 Å². The third-order valence-electron chi connectivity index (χ3n) is 4.97. The minimum absolute atomic E-state index is 0.160. The first kappa shape index (κ1) is 19.6. The minimum Gasteiger partial charge on any atom is -0.324 e. The monoisotopic (exact) mass is 401 g/mol. The Morgan fingerprint density at radius 2 is 1.83 bits per heavy atom. The molecule has 0 fully saturated rings. The highest BCUT2D eigenvalue weighted by molar-refractivity contribution is 6.02. The molecule has 2 heterocycles. The smallest absolute Gasteiger partial charge is 0.255 e. The third kappa shape index (κ3) is 3.74. The highest BCUT2D eigenvalue weighted by Gasteiger charge is 2.16. The van der Waals surface area contributed by atoms with E-state index in [9.17, 15) is 9.59 Å². The number of benzene rings is 2. The van der Waals surface area contributed by atoms with Crippen LogP contribution in [0.1, 0.15) is 24.0 Å². The maximum atomic E-state index is 12.9. The van der Waals surface area contributed by atoms with Crippen molar-refractivity contribution < 1.29 is 4.79 Å². The average Bonchev–Trinajstić information content (AvgIpc) is 3.07. The van der Waals surface area contributed by atoms with E-state index in [-0.39, 0.29) is 18.0 Å². The number of nitrogens with one attached hydrogen (secondary N) is 1. The van der Waals surface area contributed by atoms with Crippen LogP contribution in [0.25, 0.3) is 16.7 Å². The van der Waals surface area contributed by atoms with Gasteiger partial charge in [-0.1, -0.05) is 43.3 Å². The molecule has 7 heteroatoms. The van der Waals surface area contributed by atoms with E-state index in [0.717, 1.165) is 22.2 Å². The number of aromatic nitrogens is 4. The van der Waals surface area contributed by atoms with Gasteiger partial charge in [-0.05, 0) is 37.8 Å². The van der Waals surface area contributed by atoms with E-state index in [1.54, 1.807) is 4.68 Å². The van der Waals surface area contributed by atoms with Gasteiger partial charge < -0.3 is 5.32 Å². The summed E-state index contributed by atoms with van der Waals surface area (Å²) in [7, 11) is 0. The fourth-order valence-corrected chi connectivity index (χ4v) is 3.53. The molecule has 0 saturated heterocycles. The highest BCUT2D eigenvalue weighted by atomic mass is 16.2. The summed E-state index contributed by atoms with van der Waals surface area (Å²) < 4.78 is 2.97. The second-order valence-corrected chi connectivity index (χ2v) is 7.24. The summed E-state index contributed by atoms with van der Waals surface area (Å²) in [6.45, 7) is 5.55. The van der Waals surface area contributed by atoms with Crippen LogP contribution in [0.15, 0.2) is 59.4 Å². The Kier molecular flexibility index (Phi) is 5.18. The Morgan fingerprint density at radius 3 is 2.57 bits per heavy atom. The zero-order valence-corrected chi connectivity index (χ0v) is 17.2. The zero-order chi connectivity index (χ0) is 21.3. The largest absolute Gasteiger partial charge is 0.324 e. The fraction of sp³-hybridized carbons (Fsp3) is 0.217. The van der Waals surface area contributed by atoms with Crippen LogP contribution in [0, 0.1) is 13.8 Å². The predicted molar refractivity (Wildman–Crippen MR) is 117 cm³/mol. The number of carbonyl (C=O) groups is 1. The molecule has 1 amide bonds. The Morgan fingerprint density at radius 1 is 1.07 bits per heavy atom. The van der Waals surface area contributed by atoms with Crippen molar-refractivity contribution in [2.45, 2.75) is 33.7 Å². The standard InChI is InChI=1S/C23H23N5O2/c1-4-18-13-22(30)27(23(24-18)28-16(3)12-15(2)26-28)14-21(29)25-20-11-7-9-17-8-5-6-10-19(17)20/h5-13H,4,14H2,1-3H3,(H,25,29). The van der Waals surface area contributed by atoms with E-state index in [1.807, 2.05) is 69.3 Å². The minimum atomic E-state index is -0.303. The van der Waals surface area contributed by atoms with Crippen molar-refractivity contribution in [3.63, 3.8) is 0 Å². The van der Waals surface area contributed by atoms with Gasteiger partial charge in [-0.3, -0.25) is 14.2 Å². The van der Waals surface area contributed by atoms with Crippen molar-refractivity contribution >= 4 is 22.4 Å². The first-order valence-electron chi connectivity index (χ1n) is 9.88. The van der Waals surface area contributed by atoms with E-state index in [0.29, 0.717) is 23.8 Å². The first-order valence-corrected chi connectivity index (χ1v) is 9.88. The number of fused-ring (bicyclic) bond motifs is 1. The average molecular weight is 401 g/mol. The van der Waals surface area contributed by atoms with Gasteiger partial charge in [0.15, 0.2) is 0 Å². The summed E-state index contributed by atoms with van der Waals surface area (Å²) >= 11 is 0. The van der Waals surface area contributed by atoms with Crippen LogP contribution in [0.2, 0.25) is 0 Å². The van der Waals surface area contributed by atoms with Crippen LogP contribution in [0.3, 0.4) is 0 Å². The Balaban J connectivity index is 1.71. The van der Waals surface area contributed by atoms with E-state index in [2.05, 4.69) is 15.4 Å². The molecule has 1 N–H and O–H groups in total. The normalized spacial score (nSPS) is 11.0. The Labute approximate surface area is 174 Å². The molecule has 152 valence electrons. The molecule has 2 aromatic heterocycles. The molecule has 4 rings (SSSR count). The number of nitrogens with zero attached hydrogens (tertiary/aromatic N) is 4. The molecular formula is C23H23N5O2. The molecule has 2 aromatic carbocycles. The molecule has 7 nitrogen and oxygen atoms in total. The lowest BCUT2D eigenvalue weighted by Gasteiger charge is -2.15. The molecule has 0 atom stereocenters. The Hall–Kier alpha value is -3.74. The highest BCUT2D eigenvalue weighted by Crippen LogP contribution is 2.23. The number of anilines is 1. The number of hydrogen-bond donors (Lipinski definition) is 1. The lowest BCUT2D eigenvalue weighted by molar-refractivity contribution is -0.116. The van der Waals surface area contributed by atoms with Crippen molar-refractivity contribution in [1.82, 2.24) is 19.3 Å². The van der Waals surface area contributed by atoms with Crippen LogP contribution in [-0.2, 0) is 17.8 Å². The van der Waals surface area contributed by atoms with Crippen LogP contribution in [0.4, 0.5) is 5.69 Å². The predicted octanol–water partition coefficient (Wildman–Crippen LogP) is 3.40. The van der Waals surface area contributed by atoms with Gasteiger partial charge in [0.1, 0.15) is 6.54 Å². The summed E-state index contributed by atoms with van der Waals surface area (Å²) in [6.07, 6.45) is 0.616. The van der Waals surface area contributed by atoms with E-state index < -0.39 is 0 Å². The summed E-state index contributed by atoms with van der Waals surface area (Å²) in [5.74, 6) is 0.0419. The van der Waals surface area contributed by atoms with Gasteiger partial charge in [-0.15, -0.1) is 0 Å². The van der Waals surface area contributed by atoms with Crippen LogP contribution in [-0.4, -0.2) is 25.2 Å². The second kappa shape index (κ2) is 7.94. The SMILES string of the molecule is CCc1cc(=O)n(CC(=O)Nc2cccc3ccccc23)c(-n2nc(C)cc2C)n1. The quantitative estimate of drug-likeness (QED) is 0.556. The fourth-order valence-electron chi connectivity index (χ4n) is 3.53. The number of amides is 1. The maximum absolute atomic E-state index is 12.9. The van der Waals surface area contributed by atoms with E-state index >= 15 is 0 Å². The Bertz CT molecular complexity index is 1300. The van der Waals surface area contributed by atoms with Gasteiger partial charge in [0.05, 0.1) is 5.69 Å². The molecule has 0 bridgehead atoms. The van der Waals surface area contributed by atoms with Gasteiger partial charge in [-0.2, -0.15) is 5.10 Å². The molecule has 0 aliphatic carbocycles. The van der Waals surface area contributed by atoms with Gasteiger partial charge in [0.25, 0.3) is 5.56 Å². The van der Waals surface area contributed by atoms with Crippen molar-refractivity contribution in [3.8, 4) is 5.95 Å². The van der Waals surface area contributed by atoms with E-state index in [4.69, 9.17) is 0 Å². The molecule has 30 heavy (non-hydrogen) atoms. The second-order valence-electron chi connectivity index (χ2n) is 7.24. The molecule has 0 unspecified atom stereocenters. The number of rotatable bonds is 5. The van der Waals surface area contributed by atoms with Crippen molar-refractivity contribution in [1.29, 1.82) is 0 Å². The van der Waals surface area contributed by atoms with Crippen molar-refractivity contribution in [2.24, 2.45) is 0 Å². The first-order chi connectivity index (χ1) is 14.5. The lowest BCUT2D eigenvalue weighted by atomic mass is 10.1. The van der Waals surface area contributed by atoms with Gasteiger partial charge in [-0.25, -0.2) is 9.67 Å².